The van der Waals surface area contributed by atoms with E-state index in [1.165, 1.54) is 12.1 Å². The summed E-state index contributed by atoms with van der Waals surface area (Å²) in [5.41, 5.74) is 0. The van der Waals surface area contributed by atoms with Crippen molar-refractivity contribution in [1.82, 2.24) is 4.98 Å². The summed E-state index contributed by atoms with van der Waals surface area (Å²) in [7, 11) is 0. The molecule has 1 aromatic rings. The number of hydrogen-bond acceptors (Lipinski definition) is 5. The van der Waals surface area contributed by atoms with Gasteiger partial charge in [0.15, 0.2) is 5.78 Å². The monoisotopic (exact) mass is 288 g/mol. The van der Waals surface area contributed by atoms with Gasteiger partial charge in [-0.05, 0) is 16.0 Å². The number of hydrogen-bond donors (Lipinski definition) is 0. The Labute approximate surface area is 99.9 Å². The van der Waals surface area contributed by atoms with Gasteiger partial charge in [0.1, 0.15) is 6.61 Å². The Morgan fingerprint density at radius 2 is 2.31 bits per heavy atom. The van der Waals surface area contributed by atoms with E-state index in [0.29, 0.717) is 11.0 Å². The minimum Gasteiger partial charge on any atom is -0.478 e. The molecule has 0 radical (unpaired) electrons. The third-order valence-electron chi connectivity index (χ3n) is 1.76. The van der Waals surface area contributed by atoms with Gasteiger partial charge in [0.05, 0.1) is 0 Å². The molecule has 0 unspecified atom stereocenters. The molecule has 0 spiro atoms. The zero-order chi connectivity index (χ0) is 12.1. The van der Waals surface area contributed by atoms with E-state index in [1.807, 2.05) is 0 Å². The smallest absolute Gasteiger partial charge is 0.407 e. The summed E-state index contributed by atoms with van der Waals surface area (Å²) in [6.07, 6.45) is 0.331. The highest BCUT2D eigenvalue weighted by Crippen LogP contribution is 2.26. The number of Topliss-reactive ketones (excluding diaryl/α,β-unsaturated/α-hetero) is 1. The van der Waals surface area contributed by atoms with E-state index in [9.17, 15) is 14.9 Å². The maximum absolute atomic E-state index is 11.0. The Bertz CT molecular complexity index is 422. The number of rotatable bonds is 5. The second-order valence-corrected chi connectivity index (χ2v) is 3.71. The molecule has 0 fully saturated rings. The van der Waals surface area contributed by atoms with Crippen LogP contribution in [0, 0.1) is 10.1 Å². The molecule has 0 amide bonds. The fraction of sp³-hybridized carbons (Fsp3) is 0.333. The van der Waals surface area contributed by atoms with Gasteiger partial charge < -0.3 is 14.9 Å². The van der Waals surface area contributed by atoms with E-state index in [0.717, 1.165) is 0 Å². The molecule has 1 rings (SSSR count). The lowest BCUT2D eigenvalue weighted by Crippen LogP contribution is -2.11. The lowest BCUT2D eigenvalue weighted by molar-refractivity contribution is -0.390. The van der Waals surface area contributed by atoms with Crippen molar-refractivity contribution in [3.8, 4) is 5.75 Å². The number of pyridine rings is 1. The zero-order valence-electron chi connectivity index (χ0n) is 8.47. The number of nitro groups is 1. The van der Waals surface area contributed by atoms with E-state index in [4.69, 9.17) is 4.74 Å². The highest BCUT2D eigenvalue weighted by molar-refractivity contribution is 9.10. The van der Waals surface area contributed by atoms with Gasteiger partial charge in [-0.15, -0.1) is 0 Å². The molecule has 1 heterocycles. The first-order valence-electron chi connectivity index (χ1n) is 4.50. The molecule has 0 aliphatic heterocycles. The summed E-state index contributed by atoms with van der Waals surface area (Å²) in [4.78, 5) is 24.7. The number of aromatic nitrogens is 1. The molecule has 16 heavy (non-hydrogen) atoms. The highest BCUT2D eigenvalue weighted by atomic mass is 79.9. The number of ketones is 1. The summed E-state index contributed by atoms with van der Waals surface area (Å²) in [5.74, 6) is -0.537. The van der Waals surface area contributed by atoms with Crippen LogP contribution in [0.3, 0.4) is 0 Å². The van der Waals surface area contributed by atoms with Crippen LogP contribution in [0.4, 0.5) is 5.82 Å². The van der Waals surface area contributed by atoms with Crippen molar-refractivity contribution in [1.29, 1.82) is 0 Å². The summed E-state index contributed by atoms with van der Waals surface area (Å²) in [6.45, 7) is 1.51. The summed E-state index contributed by atoms with van der Waals surface area (Å²) in [6, 6.07) is 2.91. The fourth-order valence-electron chi connectivity index (χ4n) is 0.916. The van der Waals surface area contributed by atoms with Crippen molar-refractivity contribution in [2.45, 2.75) is 13.3 Å². The normalized spacial score (nSPS) is 9.88. The molecule has 86 valence electrons. The SMILES string of the molecule is CCC(=O)COc1ccc(Br)nc1[N+](=O)[O-]. The van der Waals surface area contributed by atoms with E-state index in [-0.39, 0.29) is 18.1 Å². The minimum absolute atomic E-state index is 0.00463. The molecule has 7 heteroatoms. The molecule has 0 bridgehead atoms. The maximum Gasteiger partial charge on any atom is 0.407 e. The van der Waals surface area contributed by atoms with Gasteiger partial charge >= 0.3 is 5.82 Å². The van der Waals surface area contributed by atoms with Gasteiger partial charge in [-0.3, -0.25) is 4.79 Å². The van der Waals surface area contributed by atoms with E-state index >= 15 is 0 Å². The van der Waals surface area contributed by atoms with Gasteiger partial charge in [0.2, 0.25) is 10.4 Å². The van der Waals surface area contributed by atoms with Crippen molar-refractivity contribution >= 4 is 27.5 Å². The van der Waals surface area contributed by atoms with Crippen LogP contribution in [-0.2, 0) is 4.79 Å². The number of halogens is 1. The Morgan fingerprint density at radius 1 is 1.62 bits per heavy atom. The predicted molar refractivity (Wildman–Crippen MR) is 59.4 cm³/mol. The van der Waals surface area contributed by atoms with Crippen LogP contribution in [0.2, 0.25) is 0 Å². The van der Waals surface area contributed by atoms with Crippen LogP contribution in [0.5, 0.6) is 5.75 Å². The first-order chi connectivity index (χ1) is 7.54. The Kier molecular flexibility index (Phi) is 4.36. The summed E-state index contributed by atoms with van der Waals surface area (Å²) < 4.78 is 5.37. The van der Waals surface area contributed by atoms with Crippen molar-refractivity contribution in [3.63, 3.8) is 0 Å². The topological polar surface area (TPSA) is 82.3 Å². The van der Waals surface area contributed by atoms with Gasteiger partial charge in [0.25, 0.3) is 0 Å². The van der Waals surface area contributed by atoms with Crippen LogP contribution in [-0.4, -0.2) is 22.3 Å². The summed E-state index contributed by atoms with van der Waals surface area (Å²) >= 11 is 3.02. The van der Waals surface area contributed by atoms with E-state index in [1.54, 1.807) is 6.92 Å². The molecule has 0 aromatic carbocycles. The third kappa shape index (κ3) is 3.27. The van der Waals surface area contributed by atoms with Crippen molar-refractivity contribution in [3.05, 3.63) is 26.9 Å². The third-order valence-corrected chi connectivity index (χ3v) is 2.20. The average molecular weight is 289 g/mol. The fourth-order valence-corrected chi connectivity index (χ4v) is 1.22. The Morgan fingerprint density at radius 3 is 2.88 bits per heavy atom. The molecule has 0 N–H and O–H groups in total. The van der Waals surface area contributed by atoms with Crippen LogP contribution in [0.25, 0.3) is 0 Å². The van der Waals surface area contributed by atoms with Crippen LogP contribution >= 0.6 is 15.9 Å². The van der Waals surface area contributed by atoms with E-state index in [2.05, 4.69) is 20.9 Å². The number of carbonyl (C=O) groups excluding carboxylic acids is 1. The standard InChI is InChI=1S/C9H9BrN2O4/c1-2-6(13)5-16-7-3-4-8(10)11-9(7)12(14)15/h3-4H,2,5H2,1H3. The Hall–Kier alpha value is -1.50. The Balaban J connectivity index is 2.87. The molecule has 0 aliphatic carbocycles. The quantitative estimate of drug-likeness (QED) is 0.471. The molecule has 0 aliphatic rings. The largest absolute Gasteiger partial charge is 0.478 e. The van der Waals surface area contributed by atoms with Crippen molar-refractivity contribution < 1.29 is 14.5 Å². The number of carbonyl (C=O) groups is 1. The van der Waals surface area contributed by atoms with Crippen LogP contribution in [0.15, 0.2) is 16.7 Å². The molecule has 1 aromatic heterocycles. The summed E-state index contributed by atoms with van der Waals surface area (Å²) in [5, 5.41) is 10.6. The molecule has 0 saturated carbocycles. The lowest BCUT2D eigenvalue weighted by Gasteiger charge is -2.04. The molecule has 0 atom stereocenters. The van der Waals surface area contributed by atoms with Gasteiger partial charge in [-0.25, -0.2) is 0 Å². The average Bonchev–Trinajstić information content (AvgIpc) is 2.26. The van der Waals surface area contributed by atoms with Crippen LogP contribution < -0.4 is 4.74 Å². The molecular formula is C9H9BrN2O4. The first-order valence-corrected chi connectivity index (χ1v) is 5.29. The molecule has 0 saturated heterocycles. The number of ether oxygens (including phenoxy) is 1. The second-order valence-electron chi connectivity index (χ2n) is 2.89. The predicted octanol–water partition coefficient (Wildman–Crippen LogP) is 2.11. The van der Waals surface area contributed by atoms with Gasteiger partial charge in [-0.2, -0.15) is 0 Å². The second kappa shape index (κ2) is 5.55. The lowest BCUT2D eigenvalue weighted by atomic mass is 10.3. The minimum atomic E-state index is -0.656. The van der Waals surface area contributed by atoms with E-state index < -0.39 is 10.7 Å². The zero-order valence-corrected chi connectivity index (χ0v) is 10.1. The first kappa shape index (κ1) is 12.6. The van der Waals surface area contributed by atoms with Crippen molar-refractivity contribution in [2.24, 2.45) is 0 Å². The van der Waals surface area contributed by atoms with Gasteiger partial charge in [0, 0.05) is 28.4 Å². The molecular weight excluding hydrogens is 280 g/mol. The van der Waals surface area contributed by atoms with Crippen molar-refractivity contribution in [2.75, 3.05) is 6.61 Å². The molecule has 6 nitrogen and oxygen atoms in total. The van der Waals surface area contributed by atoms with Crippen LogP contribution in [0.1, 0.15) is 13.3 Å². The number of nitrogens with zero attached hydrogens (tertiary/aromatic N) is 2. The van der Waals surface area contributed by atoms with Gasteiger partial charge in [-0.1, -0.05) is 6.92 Å². The highest BCUT2D eigenvalue weighted by Gasteiger charge is 2.18. The maximum atomic E-state index is 11.0.